The summed E-state index contributed by atoms with van der Waals surface area (Å²) in [6.07, 6.45) is 3.52. The molecule has 3 rings (SSSR count). The first kappa shape index (κ1) is 17.7. The highest BCUT2D eigenvalue weighted by molar-refractivity contribution is 9.10. The molecule has 1 fully saturated rings. The minimum absolute atomic E-state index is 0.0233. The summed E-state index contributed by atoms with van der Waals surface area (Å²) in [6.45, 7) is 3.09. The Bertz CT molecular complexity index is 666. The SMILES string of the molecule is C[C@]1(CN(c2ccc(Br)cc2)c2ccc(Br)cc2)CCCC(=O)C1. The van der Waals surface area contributed by atoms with Crippen LogP contribution < -0.4 is 4.90 Å². The van der Waals surface area contributed by atoms with Crippen LogP contribution in [0.2, 0.25) is 0 Å². The molecule has 1 aliphatic carbocycles. The Morgan fingerprint density at radius 1 is 0.958 bits per heavy atom. The van der Waals surface area contributed by atoms with Crippen LogP contribution in [-0.4, -0.2) is 12.3 Å². The second-order valence-electron chi connectivity index (χ2n) is 6.92. The van der Waals surface area contributed by atoms with Gasteiger partial charge < -0.3 is 4.90 Å². The van der Waals surface area contributed by atoms with Gasteiger partial charge in [-0.25, -0.2) is 0 Å². The van der Waals surface area contributed by atoms with Gasteiger partial charge in [0.15, 0.2) is 0 Å². The van der Waals surface area contributed by atoms with Gasteiger partial charge in [0.1, 0.15) is 5.78 Å². The van der Waals surface area contributed by atoms with Crippen molar-refractivity contribution in [3.05, 3.63) is 57.5 Å². The lowest BCUT2D eigenvalue weighted by Gasteiger charge is -2.39. The summed E-state index contributed by atoms with van der Waals surface area (Å²) in [4.78, 5) is 14.3. The van der Waals surface area contributed by atoms with Crippen molar-refractivity contribution in [1.82, 2.24) is 0 Å². The molecule has 0 aliphatic heterocycles. The Kier molecular flexibility index (Phi) is 5.46. The summed E-state index contributed by atoms with van der Waals surface area (Å²) >= 11 is 7.02. The Balaban J connectivity index is 1.93. The van der Waals surface area contributed by atoms with Gasteiger partial charge in [-0.1, -0.05) is 38.8 Å². The zero-order valence-electron chi connectivity index (χ0n) is 13.8. The minimum Gasteiger partial charge on any atom is -0.341 e. The van der Waals surface area contributed by atoms with Crippen LogP contribution in [0.3, 0.4) is 0 Å². The Labute approximate surface area is 160 Å². The first-order chi connectivity index (χ1) is 11.5. The Hall–Kier alpha value is -1.13. The van der Waals surface area contributed by atoms with Gasteiger partial charge in [-0.2, -0.15) is 0 Å². The summed E-state index contributed by atoms with van der Waals surface area (Å²) < 4.78 is 2.14. The van der Waals surface area contributed by atoms with Gasteiger partial charge in [0.05, 0.1) is 0 Å². The molecule has 126 valence electrons. The van der Waals surface area contributed by atoms with Crippen LogP contribution in [0.4, 0.5) is 11.4 Å². The highest BCUT2D eigenvalue weighted by Crippen LogP contribution is 2.39. The van der Waals surface area contributed by atoms with E-state index in [9.17, 15) is 4.79 Å². The smallest absolute Gasteiger partial charge is 0.133 e. The normalized spacial score (nSPS) is 20.9. The maximum atomic E-state index is 12.0. The van der Waals surface area contributed by atoms with E-state index in [0.717, 1.165) is 46.1 Å². The van der Waals surface area contributed by atoms with Crippen molar-refractivity contribution in [2.75, 3.05) is 11.4 Å². The van der Waals surface area contributed by atoms with Crippen LogP contribution in [0.25, 0.3) is 0 Å². The van der Waals surface area contributed by atoms with Gasteiger partial charge in [-0.05, 0) is 66.8 Å². The number of hydrogen-bond donors (Lipinski definition) is 0. The highest BCUT2D eigenvalue weighted by Gasteiger charge is 2.33. The maximum absolute atomic E-state index is 12.0. The van der Waals surface area contributed by atoms with Crippen molar-refractivity contribution in [2.24, 2.45) is 5.41 Å². The number of benzene rings is 2. The number of halogens is 2. The molecule has 0 saturated heterocycles. The molecule has 0 spiro atoms. The molecule has 0 aromatic heterocycles. The molecule has 1 saturated carbocycles. The average molecular weight is 451 g/mol. The third-order valence-electron chi connectivity index (χ3n) is 4.68. The molecule has 2 nitrogen and oxygen atoms in total. The molecule has 0 bridgehead atoms. The van der Waals surface area contributed by atoms with Gasteiger partial charge in [-0.15, -0.1) is 0 Å². The van der Waals surface area contributed by atoms with E-state index in [0.29, 0.717) is 12.2 Å². The quantitative estimate of drug-likeness (QED) is 0.529. The van der Waals surface area contributed by atoms with Crippen molar-refractivity contribution >= 4 is 49.0 Å². The fraction of sp³-hybridized carbons (Fsp3) is 0.350. The van der Waals surface area contributed by atoms with E-state index >= 15 is 0 Å². The monoisotopic (exact) mass is 449 g/mol. The van der Waals surface area contributed by atoms with Crippen LogP contribution in [-0.2, 0) is 4.79 Å². The lowest BCUT2D eigenvalue weighted by Crippen LogP contribution is -2.37. The minimum atomic E-state index is 0.0233. The number of anilines is 2. The third kappa shape index (κ3) is 4.28. The second-order valence-corrected chi connectivity index (χ2v) is 8.75. The molecule has 0 heterocycles. The summed E-state index contributed by atoms with van der Waals surface area (Å²) in [6, 6.07) is 16.8. The largest absolute Gasteiger partial charge is 0.341 e. The van der Waals surface area contributed by atoms with Gasteiger partial charge >= 0.3 is 0 Å². The molecule has 1 atom stereocenters. The fourth-order valence-electron chi connectivity index (χ4n) is 3.46. The number of carbonyl (C=O) groups is 1. The Morgan fingerprint density at radius 2 is 1.46 bits per heavy atom. The molecule has 2 aromatic carbocycles. The highest BCUT2D eigenvalue weighted by atomic mass is 79.9. The average Bonchev–Trinajstić information content (AvgIpc) is 2.54. The summed E-state index contributed by atoms with van der Waals surface area (Å²) in [5.74, 6) is 0.398. The van der Waals surface area contributed by atoms with Crippen LogP contribution in [0.1, 0.15) is 32.6 Å². The van der Waals surface area contributed by atoms with Crippen LogP contribution in [0.15, 0.2) is 57.5 Å². The first-order valence-electron chi connectivity index (χ1n) is 8.26. The summed E-state index contributed by atoms with van der Waals surface area (Å²) in [7, 11) is 0. The summed E-state index contributed by atoms with van der Waals surface area (Å²) in [5.41, 5.74) is 2.33. The lowest BCUT2D eigenvalue weighted by molar-refractivity contribution is -0.123. The molecular formula is C20H21Br2NO. The van der Waals surface area contributed by atoms with Crippen molar-refractivity contribution in [1.29, 1.82) is 0 Å². The molecule has 0 amide bonds. The lowest BCUT2D eigenvalue weighted by atomic mass is 9.74. The van der Waals surface area contributed by atoms with E-state index < -0.39 is 0 Å². The van der Waals surface area contributed by atoms with E-state index in [4.69, 9.17) is 0 Å². The van der Waals surface area contributed by atoms with Crippen LogP contribution >= 0.6 is 31.9 Å². The molecule has 0 radical (unpaired) electrons. The number of ketones is 1. The predicted octanol–water partition coefficient (Wildman–Crippen LogP) is 6.50. The van der Waals surface area contributed by atoms with Gasteiger partial charge in [0, 0.05) is 39.7 Å². The predicted molar refractivity (Wildman–Crippen MR) is 107 cm³/mol. The van der Waals surface area contributed by atoms with Crippen LogP contribution in [0, 0.1) is 5.41 Å². The number of hydrogen-bond acceptors (Lipinski definition) is 2. The Morgan fingerprint density at radius 3 is 1.92 bits per heavy atom. The molecule has 4 heteroatoms. The van der Waals surface area contributed by atoms with E-state index in [-0.39, 0.29) is 5.41 Å². The van der Waals surface area contributed by atoms with Gasteiger partial charge in [0.2, 0.25) is 0 Å². The number of rotatable bonds is 4. The second kappa shape index (κ2) is 7.40. The zero-order chi connectivity index (χ0) is 17.2. The molecule has 24 heavy (non-hydrogen) atoms. The molecular weight excluding hydrogens is 430 g/mol. The topological polar surface area (TPSA) is 20.3 Å². The number of carbonyl (C=O) groups excluding carboxylic acids is 1. The fourth-order valence-corrected chi connectivity index (χ4v) is 3.98. The van der Waals surface area contributed by atoms with Gasteiger partial charge in [0.25, 0.3) is 0 Å². The maximum Gasteiger partial charge on any atom is 0.133 e. The van der Waals surface area contributed by atoms with E-state index in [2.05, 4.69) is 92.2 Å². The van der Waals surface area contributed by atoms with E-state index in [1.807, 2.05) is 0 Å². The standard InChI is InChI=1S/C20H21Br2NO/c1-20(12-2-3-19(24)13-20)14-23(17-8-4-15(21)5-9-17)18-10-6-16(22)7-11-18/h4-11H,2-3,12-14H2,1H3/t20-/m0/s1. The first-order valence-corrected chi connectivity index (χ1v) is 9.84. The van der Waals surface area contributed by atoms with Crippen molar-refractivity contribution in [3.8, 4) is 0 Å². The van der Waals surface area contributed by atoms with Crippen molar-refractivity contribution in [2.45, 2.75) is 32.6 Å². The molecule has 0 unspecified atom stereocenters. The van der Waals surface area contributed by atoms with E-state index in [1.165, 1.54) is 0 Å². The van der Waals surface area contributed by atoms with Crippen molar-refractivity contribution in [3.63, 3.8) is 0 Å². The van der Waals surface area contributed by atoms with E-state index in [1.54, 1.807) is 0 Å². The molecule has 1 aliphatic rings. The third-order valence-corrected chi connectivity index (χ3v) is 5.73. The molecule has 2 aromatic rings. The van der Waals surface area contributed by atoms with Crippen LogP contribution in [0.5, 0.6) is 0 Å². The zero-order valence-corrected chi connectivity index (χ0v) is 16.9. The summed E-state index contributed by atoms with van der Waals surface area (Å²) in [5, 5.41) is 0. The van der Waals surface area contributed by atoms with Crippen molar-refractivity contribution < 1.29 is 4.79 Å². The number of Topliss-reactive ketones (excluding diaryl/α,β-unsaturated/α-hetero) is 1. The van der Waals surface area contributed by atoms with Gasteiger partial charge in [-0.3, -0.25) is 4.79 Å². The molecule has 0 N–H and O–H groups in total. The number of nitrogens with zero attached hydrogens (tertiary/aromatic N) is 1.